The summed E-state index contributed by atoms with van der Waals surface area (Å²) in [5, 5.41) is 8.27. The minimum Gasteiger partial charge on any atom is -0.350 e. The third-order valence-corrected chi connectivity index (χ3v) is 3.57. The minimum absolute atomic E-state index is 0. The summed E-state index contributed by atoms with van der Waals surface area (Å²) in [6.07, 6.45) is 2.29. The molecule has 1 aromatic rings. The van der Waals surface area contributed by atoms with Gasteiger partial charge in [-0.2, -0.15) is 0 Å². The second-order valence-electron chi connectivity index (χ2n) is 6.01. The number of carbonyl (C=O) groups excluding carboxylic acids is 2. The normalized spacial score (nSPS) is 14.6. The molecule has 0 saturated heterocycles. The number of amides is 3. The number of anilines is 1. The molecule has 6 nitrogen and oxygen atoms in total. The summed E-state index contributed by atoms with van der Waals surface area (Å²) in [5.74, 6) is 0.307. The Morgan fingerprint density at radius 1 is 1.26 bits per heavy atom. The van der Waals surface area contributed by atoms with Gasteiger partial charge in [-0.25, -0.2) is 4.79 Å². The molecule has 3 amide bonds. The Bertz CT molecular complexity index is 547. The number of urea groups is 1. The van der Waals surface area contributed by atoms with Gasteiger partial charge in [-0.1, -0.05) is 12.1 Å². The van der Waals surface area contributed by atoms with Crippen LogP contribution in [0, 0.1) is 5.92 Å². The summed E-state index contributed by atoms with van der Waals surface area (Å²) >= 11 is 0. The lowest BCUT2D eigenvalue weighted by Crippen LogP contribution is -2.39. The van der Waals surface area contributed by atoms with Crippen molar-refractivity contribution in [2.75, 3.05) is 11.9 Å². The molecule has 1 unspecified atom stereocenters. The van der Waals surface area contributed by atoms with Crippen LogP contribution < -0.4 is 21.7 Å². The Morgan fingerprint density at radius 3 is 2.52 bits per heavy atom. The third kappa shape index (κ3) is 6.08. The van der Waals surface area contributed by atoms with E-state index < -0.39 is 0 Å². The zero-order valence-electron chi connectivity index (χ0n) is 13.5. The van der Waals surface area contributed by atoms with Gasteiger partial charge in [-0.05, 0) is 44.7 Å². The molecular formula is C16H25ClN4O2. The highest BCUT2D eigenvalue weighted by Crippen LogP contribution is 2.31. The molecule has 23 heavy (non-hydrogen) atoms. The van der Waals surface area contributed by atoms with Gasteiger partial charge in [0.15, 0.2) is 0 Å². The van der Waals surface area contributed by atoms with E-state index in [1.54, 1.807) is 24.3 Å². The van der Waals surface area contributed by atoms with Crippen molar-refractivity contribution in [3.63, 3.8) is 0 Å². The van der Waals surface area contributed by atoms with E-state index >= 15 is 0 Å². The van der Waals surface area contributed by atoms with Gasteiger partial charge in [0.05, 0.1) is 11.3 Å². The summed E-state index contributed by atoms with van der Waals surface area (Å²) in [5.41, 5.74) is 6.90. The SMILES string of the molecule is CC(C)NC(=O)Nc1ccccc1C(=O)NCC(N)C1CC1.Cl. The number of para-hydroxylation sites is 1. The van der Waals surface area contributed by atoms with Gasteiger partial charge in [-0.3, -0.25) is 4.79 Å². The van der Waals surface area contributed by atoms with E-state index in [0.717, 1.165) is 12.8 Å². The summed E-state index contributed by atoms with van der Waals surface area (Å²) < 4.78 is 0. The number of hydrogen-bond donors (Lipinski definition) is 4. The lowest BCUT2D eigenvalue weighted by atomic mass is 10.1. The predicted octanol–water partition coefficient (Wildman–Crippen LogP) is 2.11. The van der Waals surface area contributed by atoms with Crippen LogP contribution in [-0.4, -0.2) is 30.6 Å². The van der Waals surface area contributed by atoms with Crippen molar-refractivity contribution in [1.82, 2.24) is 10.6 Å². The highest BCUT2D eigenvalue weighted by atomic mass is 35.5. The van der Waals surface area contributed by atoms with Gasteiger partial charge >= 0.3 is 6.03 Å². The Labute approximate surface area is 143 Å². The van der Waals surface area contributed by atoms with Crippen molar-refractivity contribution < 1.29 is 9.59 Å². The van der Waals surface area contributed by atoms with Crippen LogP contribution >= 0.6 is 12.4 Å². The number of rotatable bonds is 6. The van der Waals surface area contributed by atoms with E-state index in [4.69, 9.17) is 5.73 Å². The van der Waals surface area contributed by atoms with Gasteiger partial charge < -0.3 is 21.7 Å². The molecule has 128 valence electrons. The van der Waals surface area contributed by atoms with E-state index in [0.29, 0.717) is 23.7 Å². The fourth-order valence-corrected chi connectivity index (χ4v) is 2.21. The lowest BCUT2D eigenvalue weighted by molar-refractivity contribution is 0.0951. The molecule has 1 aliphatic rings. The monoisotopic (exact) mass is 340 g/mol. The Hall–Kier alpha value is -1.79. The van der Waals surface area contributed by atoms with Crippen molar-refractivity contribution in [2.45, 2.75) is 38.8 Å². The van der Waals surface area contributed by atoms with E-state index in [1.165, 1.54) is 0 Å². The van der Waals surface area contributed by atoms with Crippen molar-refractivity contribution in [2.24, 2.45) is 11.7 Å². The predicted molar refractivity (Wildman–Crippen MR) is 94.0 cm³/mol. The quantitative estimate of drug-likeness (QED) is 0.638. The summed E-state index contributed by atoms with van der Waals surface area (Å²) in [7, 11) is 0. The highest BCUT2D eigenvalue weighted by Gasteiger charge is 2.28. The average molecular weight is 341 g/mol. The second kappa shape index (κ2) is 8.74. The van der Waals surface area contributed by atoms with Crippen LogP contribution in [0.25, 0.3) is 0 Å². The molecule has 1 saturated carbocycles. The molecule has 2 rings (SSSR count). The van der Waals surface area contributed by atoms with Crippen LogP contribution in [0.5, 0.6) is 0 Å². The molecule has 1 aliphatic carbocycles. The van der Waals surface area contributed by atoms with E-state index in [-0.39, 0.29) is 36.4 Å². The van der Waals surface area contributed by atoms with Gasteiger partial charge in [0, 0.05) is 18.6 Å². The summed E-state index contributed by atoms with van der Waals surface area (Å²) in [4.78, 5) is 24.1. The maximum absolute atomic E-state index is 12.3. The van der Waals surface area contributed by atoms with Gasteiger partial charge in [0.2, 0.25) is 0 Å². The molecule has 0 bridgehead atoms. The van der Waals surface area contributed by atoms with Crippen molar-refractivity contribution in [3.8, 4) is 0 Å². The Morgan fingerprint density at radius 2 is 1.91 bits per heavy atom. The standard InChI is InChI=1S/C16H24N4O2.ClH/c1-10(2)19-16(22)20-14-6-4-3-5-12(14)15(21)18-9-13(17)11-7-8-11;/h3-6,10-11,13H,7-9,17H2,1-2H3,(H,18,21)(H2,19,20,22);1H. The summed E-state index contributed by atoms with van der Waals surface area (Å²) in [6.45, 7) is 4.20. The number of halogens is 1. The molecule has 0 heterocycles. The molecular weight excluding hydrogens is 316 g/mol. The first-order valence-electron chi connectivity index (χ1n) is 7.67. The Kier molecular flexibility index (Phi) is 7.32. The van der Waals surface area contributed by atoms with Crippen LogP contribution in [0.3, 0.4) is 0 Å². The largest absolute Gasteiger partial charge is 0.350 e. The first-order chi connectivity index (χ1) is 10.5. The van der Waals surface area contributed by atoms with E-state index in [9.17, 15) is 9.59 Å². The molecule has 0 radical (unpaired) electrons. The lowest BCUT2D eigenvalue weighted by Gasteiger charge is -2.15. The van der Waals surface area contributed by atoms with Crippen molar-refractivity contribution in [1.29, 1.82) is 0 Å². The molecule has 0 spiro atoms. The maximum Gasteiger partial charge on any atom is 0.319 e. The number of hydrogen-bond acceptors (Lipinski definition) is 3. The summed E-state index contributed by atoms with van der Waals surface area (Å²) in [6, 6.07) is 6.63. The first-order valence-corrected chi connectivity index (χ1v) is 7.67. The van der Waals surface area contributed by atoms with Gasteiger partial charge in [-0.15, -0.1) is 12.4 Å². The molecule has 0 aromatic heterocycles. The molecule has 7 heteroatoms. The van der Waals surface area contributed by atoms with E-state index in [2.05, 4.69) is 16.0 Å². The average Bonchev–Trinajstić information content (AvgIpc) is 3.28. The van der Waals surface area contributed by atoms with Crippen LogP contribution in [0.15, 0.2) is 24.3 Å². The van der Waals surface area contributed by atoms with Crippen molar-refractivity contribution in [3.05, 3.63) is 29.8 Å². The zero-order valence-corrected chi connectivity index (χ0v) is 14.3. The Balaban J connectivity index is 0.00000264. The minimum atomic E-state index is -0.329. The van der Waals surface area contributed by atoms with Crippen LogP contribution in [0.1, 0.15) is 37.0 Å². The second-order valence-corrected chi connectivity index (χ2v) is 6.01. The topological polar surface area (TPSA) is 96.2 Å². The number of nitrogens with one attached hydrogen (secondary N) is 3. The fourth-order valence-electron chi connectivity index (χ4n) is 2.21. The molecule has 5 N–H and O–H groups in total. The van der Waals surface area contributed by atoms with Crippen LogP contribution in [0.4, 0.5) is 10.5 Å². The maximum atomic E-state index is 12.3. The zero-order chi connectivity index (χ0) is 16.1. The molecule has 1 fully saturated rings. The molecule has 0 aliphatic heterocycles. The fraction of sp³-hybridized carbons (Fsp3) is 0.500. The number of nitrogens with two attached hydrogens (primary N) is 1. The molecule has 1 atom stereocenters. The number of carbonyl (C=O) groups is 2. The van der Waals surface area contributed by atoms with Gasteiger partial charge in [0.1, 0.15) is 0 Å². The molecule has 1 aromatic carbocycles. The number of benzene rings is 1. The van der Waals surface area contributed by atoms with Crippen molar-refractivity contribution >= 4 is 30.0 Å². The highest BCUT2D eigenvalue weighted by molar-refractivity contribution is 6.03. The van der Waals surface area contributed by atoms with Crippen LogP contribution in [0.2, 0.25) is 0 Å². The smallest absolute Gasteiger partial charge is 0.319 e. The van der Waals surface area contributed by atoms with Crippen LogP contribution in [-0.2, 0) is 0 Å². The van der Waals surface area contributed by atoms with E-state index in [1.807, 2.05) is 13.8 Å². The van der Waals surface area contributed by atoms with Gasteiger partial charge in [0.25, 0.3) is 5.91 Å². The first kappa shape index (κ1) is 19.3. The third-order valence-electron chi connectivity index (χ3n) is 3.57.